The number of ether oxygens (including phenoxy) is 1. The number of hydrogen-bond acceptors (Lipinski definition) is 4. The van der Waals surface area contributed by atoms with Crippen molar-refractivity contribution in [2.24, 2.45) is 5.18 Å². The van der Waals surface area contributed by atoms with E-state index in [1.807, 2.05) is 18.2 Å². The van der Waals surface area contributed by atoms with Crippen molar-refractivity contribution in [2.45, 2.75) is 6.42 Å². The van der Waals surface area contributed by atoms with Gasteiger partial charge in [0.2, 0.25) is 0 Å². The normalized spacial score (nSPS) is 10.8. The molecule has 29 heavy (non-hydrogen) atoms. The van der Waals surface area contributed by atoms with Crippen molar-refractivity contribution >= 4 is 16.8 Å². The number of fused-ring (bicyclic) bond motifs is 1. The van der Waals surface area contributed by atoms with Crippen LogP contribution in [0, 0.1) is 10.7 Å². The van der Waals surface area contributed by atoms with Crippen LogP contribution in [0.5, 0.6) is 5.75 Å². The Kier molecular flexibility index (Phi) is 4.87. The summed E-state index contributed by atoms with van der Waals surface area (Å²) in [4.78, 5) is 29.6. The zero-order valence-corrected chi connectivity index (χ0v) is 15.5. The van der Waals surface area contributed by atoms with Crippen LogP contribution in [0.3, 0.4) is 0 Å². The molecule has 0 bridgehead atoms. The van der Waals surface area contributed by atoms with E-state index < -0.39 is 5.91 Å². The van der Waals surface area contributed by atoms with Gasteiger partial charge in [-0.2, -0.15) is 0 Å². The van der Waals surface area contributed by atoms with E-state index in [-0.39, 0.29) is 11.5 Å². The molecule has 144 valence electrons. The summed E-state index contributed by atoms with van der Waals surface area (Å²) in [6.45, 7) is 0. The van der Waals surface area contributed by atoms with E-state index in [2.05, 4.69) is 15.1 Å². The molecule has 7 heteroatoms. The molecule has 0 aliphatic heterocycles. The lowest BCUT2D eigenvalue weighted by atomic mass is 10.0. The number of nitroso groups, excluding NO2 is 1. The van der Waals surface area contributed by atoms with Gasteiger partial charge in [0.15, 0.2) is 0 Å². The van der Waals surface area contributed by atoms with Gasteiger partial charge in [-0.15, -0.1) is 4.91 Å². The number of benzene rings is 2. The summed E-state index contributed by atoms with van der Waals surface area (Å²) in [7, 11) is 1.58. The van der Waals surface area contributed by atoms with Gasteiger partial charge in [0.05, 0.1) is 12.8 Å². The molecule has 0 aliphatic carbocycles. The highest BCUT2D eigenvalue weighted by molar-refractivity contribution is 5.93. The highest BCUT2D eigenvalue weighted by Crippen LogP contribution is 2.34. The maximum Gasteiger partial charge on any atom is 0.334 e. The van der Waals surface area contributed by atoms with Crippen LogP contribution < -0.4 is 4.74 Å². The molecule has 0 unspecified atom stereocenters. The Hall–Kier alpha value is -3.87. The zero-order valence-electron chi connectivity index (χ0n) is 15.5. The number of hydrogen-bond donors (Lipinski definition) is 1. The fourth-order valence-corrected chi connectivity index (χ4v) is 3.36. The lowest BCUT2D eigenvalue weighted by Crippen LogP contribution is -2.02. The van der Waals surface area contributed by atoms with Crippen molar-refractivity contribution < 1.29 is 13.9 Å². The fourth-order valence-electron chi connectivity index (χ4n) is 3.36. The molecule has 1 N–H and O–H groups in total. The van der Waals surface area contributed by atoms with E-state index in [0.29, 0.717) is 29.1 Å². The molecule has 2 heterocycles. The molecule has 4 rings (SSSR count). The summed E-state index contributed by atoms with van der Waals surface area (Å²) < 4.78 is 19.8. The maximum absolute atomic E-state index is 14.5. The first-order valence-electron chi connectivity index (χ1n) is 8.88. The van der Waals surface area contributed by atoms with Gasteiger partial charge in [-0.1, -0.05) is 18.2 Å². The molecule has 2 aromatic heterocycles. The number of aromatic nitrogens is 2. The molecule has 0 radical (unpaired) electrons. The number of nitrogens with one attached hydrogen (secondary N) is 1. The number of halogens is 1. The van der Waals surface area contributed by atoms with Crippen LogP contribution in [0.1, 0.15) is 21.7 Å². The number of aromatic amines is 1. The van der Waals surface area contributed by atoms with Crippen LogP contribution in [0.25, 0.3) is 22.2 Å². The number of pyridine rings is 1. The van der Waals surface area contributed by atoms with Crippen LogP contribution in [0.2, 0.25) is 0 Å². The highest BCUT2D eigenvalue weighted by atomic mass is 19.1. The van der Waals surface area contributed by atoms with Crippen LogP contribution in [-0.2, 0) is 6.42 Å². The molecular weight excluding hydrogens is 373 g/mol. The third kappa shape index (κ3) is 3.50. The van der Waals surface area contributed by atoms with Gasteiger partial charge in [-0.3, -0.25) is 4.79 Å². The number of H-pyrrole nitrogens is 1. The highest BCUT2D eigenvalue weighted by Gasteiger charge is 2.18. The summed E-state index contributed by atoms with van der Waals surface area (Å²) in [5, 5.41) is 3.31. The molecule has 0 spiro atoms. The lowest BCUT2D eigenvalue weighted by Gasteiger charge is -2.07. The second-order valence-electron chi connectivity index (χ2n) is 6.46. The molecule has 2 aromatic carbocycles. The predicted molar refractivity (Wildman–Crippen MR) is 107 cm³/mol. The summed E-state index contributed by atoms with van der Waals surface area (Å²) in [6, 6.07) is 16.9. The van der Waals surface area contributed by atoms with Crippen molar-refractivity contribution in [3.05, 3.63) is 88.3 Å². The van der Waals surface area contributed by atoms with Gasteiger partial charge in [-0.25, -0.2) is 9.37 Å². The lowest BCUT2D eigenvalue weighted by molar-refractivity contribution is 0.0996. The van der Waals surface area contributed by atoms with E-state index in [1.165, 1.54) is 12.1 Å². The largest absolute Gasteiger partial charge is 0.497 e. The van der Waals surface area contributed by atoms with E-state index >= 15 is 0 Å². The van der Waals surface area contributed by atoms with Gasteiger partial charge >= 0.3 is 5.91 Å². The SMILES string of the molecule is COc1ccc2c(Cc3cccc(C(=O)N=O)n3)c(-c3ccccc3F)[nH]c2c1. The smallest absolute Gasteiger partial charge is 0.334 e. The average Bonchev–Trinajstić information content (AvgIpc) is 3.10. The minimum absolute atomic E-state index is 0.0218. The monoisotopic (exact) mass is 389 g/mol. The molecule has 6 nitrogen and oxygen atoms in total. The topological polar surface area (TPSA) is 84.4 Å². The number of amides is 1. The molecule has 1 amide bonds. The van der Waals surface area contributed by atoms with Crippen molar-refractivity contribution in [1.82, 2.24) is 9.97 Å². The van der Waals surface area contributed by atoms with E-state index in [1.54, 1.807) is 37.4 Å². The molecule has 0 atom stereocenters. The van der Waals surface area contributed by atoms with E-state index in [0.717, 1.165) is 16.5 Å². The van der Waals surface area contributed by atoms with Crippen molar-refractivity contribution in [3.63, 3.8) is 0 Å². The molecule has 0 aliphatic rings. The summed E-state index contributed by atoms with van der Waals surface area (Å²) in [6.07, 6.45) is 0.329. The Morgan fingerprint density at radius 3 is 2.72 bits per heavy atom. The van der Waals surface area contributed by atoms with Crippen LogP contribution in [-0.4, -0.2) is 23.0 Å². The molecule has 0 saturated heterocycles. The second kappa shape index (κ2) is 7.63. The molecule has 0 fully saturated rings. The first-order valence-corrected chi connectivity index (χ1v) is 8.88. The number of carbonyl (C=O) groups excluding carboxylic acids is 1. The van der Waals surface area contributed by atoms with Gasteiger partial charge in [0.25, 0.3) is 0 Å². The predicted octanol–water partition coefficient (Wildman–Crippen LogP) is 4.88. The molecule has 4 aromatic rings. The van der Waals surface area contributed by atoms with Gasteiger partial charge in [-0.05, 0) is 42.0 Å². The number of rotatable bonds is 5. The Bertz CT molecular complexity index is 1230. The third-order valence-electron chi connectivity index (χ3n) is 4.72. The second-order valence-corrected chi connectivity index (χ2v) is 6.46. The number of methoxy groups -OCH3 is 1. The van der Waals surface area contributed by atoms with Crippen molar-refractivity contribution in [2.75, 3.05) is 7.11 Å². The third-order valence-corrected chi connectivity index (χ3v) is 4.72. The Balaban J connectivity index is 1.88. The summed E-state index contributed by atoms with van der Waals surface area (Å²) in [5.41, 5.74) is 3.21. The van der Waals surface area contributed by atoms with Crippen LogP contribution >= 0.6 is 0 Å². The van der Waals surface area contributed by atoms with Crippen molar-refractivity contribution in [3.8, 4) is 17.0 Å². The minimum Gasteiger partial charge on any atom is -0.497 e. The Morgan fingerprint density at radius 1 is 1.14 bits per heavy atom. The van der Waals surface area contributed by atoms with Crippen LogP contribution in [0.4, 0.5) is 4.39 Å². The average molecular weight is 389 g/mol. The van der Waals surface area contributed by atoms with Gasteiger partial charge < -0.3 is 9.72 Å². The molecule has 0 saturated carbocycles. The number of nitrogens with zero attached hydrogens (tertiary/aromatic N) is 2. The fraction of sp³-hybridized carbons (Fsp3) is 0.0909. The first-order chi connectivity index (χ1) is 14.1. The molecular formula is C22H16FN3O3. The van der Waals surface area contributed by atoms with Gasteiger partial charge in [0, 0.05) is 39.8 Å². The number of carbonyl (C=O) groups is 1. The first kappa shape index (κ1) is 18.5. The Labute approximate surface area is 165 Å². The van der Waals surface area contributed by atoms with Crippen LogP contribution in [0.15, 0.2) is 65.8 Å². The van der Waals surface area contributed by atoms with E-state index in [4.69, 9.17) is 4.74 Å². The quantitative estimate of drug-likeness (QED) is 0.493. The minimum atomic E-state index is -0.926. The maximum atomic E-state index is 14.5. The zero-order chi connectivity index (χ0) is 20.4. The Morgan fingerprint density at radius 2 is 1.97 bits per heavy atom. The van der Waals surface area contributed by atoms with Crippen molar-refractivity contribution in [1.29, 1.82) is 0 Å². The van der Waals surface area contributed by atoms with E-state index in [9.17, 15) is 14.1 Å². The summed E-state index contributed by atoms with van der Waals surface area (Å²) >= 11 is 0. The van der Waals surface area contributed by atoms with Gasteiger partial charge in [0.1, 0.15) is 17.3 Å². The summed E-state index contributed by atoms with van der Waals surface area (Å²) in [5.74, 6) is -0.604. The standard InChI is InChI=1S/C22H16FN3O3/c1-29-14-9-10-15-17(11-13-5-4-8-19(24-13)22(27)26-28)21(25-20(15)12-14)16-6-2-3-7-18(16)23/h2-10,12,25H,11H2,1H3.